The fraction of sp³-hybridized carbons (Fsp3) is 0.231. The van der Waals surface area contributed by atoms with Crippen LogP contribution in [0.15, 0.2) is 146 Å². The molecule has 0 fully saturated rings. The van der Waals surface area contributed by atoms with Crippen molar-refractivity contribution in [1.82, 2.24) is 0 Å². The predicted octanol–water partition coefficient (Wildman–Crippen LogP) is 16.0. The van der Waals surface area contributed by atoms with Crippen LogP contribution in [0.5, 0.6) is 0 Å². The van der Waals surface area contributed by atoms with Gasteiger partial charge in [0.1, 0.15) is 0 Å². The van der Waals surface area contributed by atoms with E-state index in [0.29, 0.717) is 11.3 Å². The first-order valence-corrected chi connectivity index (χ1v) is 22.9. The lowest BCUT2D eigenvalue weighted by atomic mass is 9.83. The van der Waals surface area contributed by atoms with E-state index in [9.17, 15) is 0 Å². The molecule has 0 nitrogen and oxygen atoms in total. The van der Waals surface area contributed by atoms with Crippen LogP contribution in [0.3, 0.4) is 0 Å². The maximum Gasteiger partial charge on any atom is 0.0165 e. The van der Waals surface area contributed by atoms with Crippen LogP contribution in [0.25, 0.3) is 65.3 Å². The Morgan fingerprint density at radius 2 is 0.648 bits per heavy atom. The molecule has 0 radical (unpaired) electrons. The van der Waals surface area contributed by atoms with Crippen LogP contribution >= 0.6 is 15.8 Å². The smallest absolute Gasteiger partial charge is 0.0165 e. The molecule has 2 heterocycles. The molecule has 2 aliphatic heterocycles. The maximum absolute atomic E-state index is 2.59. The van der Waals surface area contributed by atoms with Gasteiger partial charge in [0.15, 0.2) is 0 Å². The van der Waals surface area contributed by atoms with Crippen LogP contribution in [0.4, 0.5) is 0 Å². The Labute approximate surface area is 323 Å². The van der Waals surface area contributed by atoms with Crippen LogP contribution in [-0.2, 0) is 12.3 Å². The number of benzene rings is 8. The number of hydrogen-bond donors (Lipinski definition) is 0. The zero-order valence-corrected chi connectivity index (χ0v) is 34.1. The molecule has 0 aliphatic carbocycles. The Hall–Kier alpha value is -4.34. The van der Waals surface area contributed by atoms with Gasteiger partial charge in [0.05, 0.1) is 0 Å². The van der Waals surface area contributed by atoms with Crippen LogP contribution < -0.4 is 0 Å². The van der Waals surface area contributed by atoms with Gasteiger partial charge in [0.25, 0.3) is 0 Å². The van der Waals surface area contributed by atoms with E-state index < -0.39 is 15.8 Å². The monoisotopic (exact) mass is 734 g/mol. The van der Waals surface area contributed by atoms with Crippen molar-refractivity contribution < 1.29 is 0 Å². The summed E-state index contributed by atoms with van der Waals surface area (Å²) in [6.07, 6.45) is 2.24. The normalized spacial score (nSPS) is 19.9. The molecule has 8 aromatic carbocycles. The quantitative estimate of drug-likeness (QED) is 0.147. The first-order valence-electron chi connectivity index (χ1n) is 19.7. The first-order chi connectivity index (χ1) is 26.1. The van der Waals surface area contributed by atoms with Gasteiger partial charge in [0.2, 0.25) is 0 Å². The van der Waals surface area contributed by atoms with E-state index in [1.807, 2.05) is 0 Å². The molecule has 0 bridgehead atoms. The molecule has 2 heteroatoms. The minimum absolute atomic E-state index is 0.123. The standard InChI is InChI=1S/C52H48P2/c1-51(2,3)53-31-37-25-23-33-15-7-11-19-39(33)45(37)47-41-21-13-9-17-35(41)27-29-43(47)49(53)50-44-30-28-36-18-10-14-22-42(36)48(44)46-38(32-54(50)52(4,5)6)26-24-34-16-8-12-20-40(34)46/h7-30,49-50H,31-32H2,1-6H3/t49-,50-,53-,54-/m1/s1. The summed E-state index contributed by atoms with van der Waals surface area (Å²) in [7, 11) is -1.11. The third-order valence-electron chi connectivity index (χ3n) is 12.5. The topological polar surface area (TPSA) is 0 Å². The Morgan fingerprint density at radius 3 is 0.981 bits per heavy atom. The van der Waals surface area contributed by atoms with Crippen molar-refractivity contribution in [3.05, 3.63) is 168 Å². The van der Waals surface area contributed by atoms with Crippen molar-refractivity contribution in [2.75, 3.05) is 0 Å². The third kappa shape index (κ3) is 5.32. The Bertz CT molecular complexity index is 2580. The van der Waals surface area contributed by atoms with Crippen LogP contribution in [0, 0.1) is 0 Å². The second-order valence-electron chi connectivity index (χ2n) is 17.6. The second-order valence-corrected chi connectivity index (χ2v) is 23.9. The Kier molecular flexibility index (Phi) is 7.97. The van der Waals surface area contributed by atoms with Crippen molar-refractivity contribution in [2.24, 2.45) is 0 Å². The van der Waals surface area contributed by atoms with E-state index in [-0.39, 0.29) is 10.3 Å². The van der Waals surface area contributed by atoms with Gasteiger partial charge < -0.3 is 0 Å². The van der Waals surface area contributed by atoms with Crippen molar-refractivity contribution >= 4 is 58.9 Å². The van der Waals surface area contributed by atoms with Gasteiger partial charge in [-0.2, -0.15) is 0 Å². The molecule has 4 atom stereocenters. The van der Waals surface area contributed by atoms with Crippen LogP contribution in [-0.4, -0.2) is 10.3 Å². The molecule has 0 unspecified atom stereocenters. The predicted molar refractivity (Wildman–Crippen MR) is 240 cm³/mol. The van der Waals surface area contributed by atoms with Gasteiger partial charge in [0, 0.05) is 11.3 Å². The van der Waals surface area contributed by atoms with Gasteiger partial charge in [-0.25, -0.2) is 0 Å². The largest absolute Gasteiger partial charge is 0.0880 e. The number of hydrogen-bond acceptors (Lipinski definition) is 0. The lowest BCUT2D eigenvalue weighted by Gasteiger charge is -2.48. The molecule has 10 rings (SSSR count). The summed E-state index contributed by atoms with van der Waals surface area (Å²) in [6, 6.07) is 56.5. The minimum Gasteiger partial charge on any atom is -0.0880 e. The highest BCUT2D eigenvalue weighted by atomic mass is 31.1. The summed E-state index contributed by atoms with van der Waals surface area (Å²) in [5, 5.41) is 11.1. The van der Waals surface area contributed by atoms with E-state index in [1.54, 1.807) is 11.1 Å². The third-order valence-corrected chi connectivity index (χ3v) is 20.0. The Morgan fingerprint density at radius 1 is 0.352 bits per heavy atom. The molecule has 0 N–H and O–H groups in total. The van der Waals surface area contributed by atoms with Crippen molar-refractivity contribution in [1.29, 1.82) is 0 Å². The van der Waals surface area contributed by atoms with Gasteiger partial charge in [-0.15, -0.1) is 0 Å². The summed E-state index contributed by atoms with van der Waals surface area (Å²) >= 11 is 0. The highest BCUT2D eigenvalue weighted by molar-refractivity contribution is 7.63. The van der Waals surface area contributed by atoms with Gasteiger partial charge in [-0.3, -0.25) is 0 Å². The van der Waals surface area contributed by atoms with Crippen molar-refractivity contribution in [2.45, 2.75) is 75.5 Å². The fourth-order valence-corrected chi connectivity index (χ4v) is 17.3. The van der Waals surface area contributed by atoms with Crippen molar-refractivity contribution in [3.8, 4) is 22.3 Å². The van der Waals surface area contributed by atoms with Gasteiger partial charge in [-0.05, 0) is 110 Å². The minimum atomic E-state index is -0.557. The van der Waals surface area contributed by atoms with Gasteiger partial charge >= 0.3 is 0 Å². The zero-order chi connectivity index (χ0) is 36.9. The lowest BCUT2D eigenvalue weighted by Crippen LogP contribution is -2.25. The second kappa shape index (κ2) is 12.6. The maximum atomic E-state index is 2.59. The molecule has 266 valence electrons. The lowest BCUT2D eigenvalue weighted by molar-refractivity contribution is 0.723. The molecule has 0 spiro atoms. The summed E-state index contributed by atoms with van der Waals surface area (Å²) in [5.74, 6) is 0. The molecule has 8 aromatic rings. The summed E-state index contributed by atoms with van der Waals surface area (Å²) in [5.41, 5.74) is 12.8. The molecule has 0 amide bonds. The summed E-state index contributed by atoms with van der Waals surface area (Å²) in [4.78, 5) is 0. The highest BCUT2D eigenvalue weighted by Gasteiger charge is 2.48. The van der Waals surface area contributed by atoms with E-state index >= 15 is 0 Å². The van der Waals surface area contributed by atoms with Crippen LogP contribution in [0.2, 0.25) is 0 Å². The van der Waals surface area contributed by atoms with E-state index in [1.165, 1.54) is 76.5 Å². The fourth-order valence-electron chi connectivity index (χ4n) is 10.0. The van der Waals surface area contributed by atoms with E-state index in [0.717, 1.165) is 12.3 Å². The number of fused-ring (bicyclic) bond motifs is 14. The summed E-state index contributed by atoms with van der Waals surface area (Å²) in [6.45, 7) is 15.3. The van der Waals surface area contributed by atoms with Crippen molar-refractivity contribution in [3.63, 3.8) is 0 Å². The molecule has 54 heavy (non-hydrogen) atoms. The van der Waals surface area contributed by atoms with Crippen LogP contribution in [0.1, 0.15) is 75.1 Å². The SMILES string of the molecule is CC(C)(C)[P@]1Cc2ccc3ccccc3c2-c2c(ccc3ccccc23)[C@@H]1[C@H]1c2ccc3ccccc3c2-c2c(ccc3ccccc23)C[P@@]1C(C)(C)C. The van der Waals surface area contributed by atoms with Gasteiger partial charge in [-0.1, -0.05) is 203 Å². The molecule has 0 aromatic heterocycles. The van der Waals surface area contributed by atoms with E-state index in [4.69, 9.17) is 0 Å². The zero-order valence-electron chi connectivity index (χ0n) is 32.3. The summed E-state index contributed by atoms with van der Waals surface area (Å²) < 4.78 is 0. The average molecular weight is 735 g/mol. The molecule has 2 aliphatic rings. The molecular formula is C52H48P2. The molecular weight excluding hydrogens is 687 g/mol. The van der Waals surface area contributed by atoms with E-state index in [2.05, 4.69) is 187 Å². The molecule has 0 saturated heterocycles. The Balaban J connectivity index is 1.38. The first kappa shape index (κ1) is 34.2. The number of rotatable bonds is 1. The highest BCUT2D eigenvalue weighted by Crippen LogP contribution is 2.79. The average Bonchev–Trinajstić information content (AvgIpc) is 3.43. The molecule has 0 saturated carbocycles.